The first-order valence-corrected chi connectivity index (χ1v) is 6.12. The van der Waals surface area contributed by atoms with Crippen LogP contribution in [0.4, 0.5) is 0 Å². The van der Waals surface area contributed by atoms with E-state index in [1.54, 1.807) is 0 Å². The molecule has 0 aromatic heterocycles. The summed E-state index contributed by atoms with van der Waals surface area (Å²) in [6.45, 7) is 0. The van der Waals surface area contributed by atoms with Crippen molar-refractivity contribution in [3.63, 3.8) is 0 Å². The lowest BCUT2D eigenvalue weighted by Crippen LogP contribution is -2.09. The summed E-state index contributed by atoms with van der Waals surface area (Å²) in [5.41, 5.74) is 0. The zero-order valence-corrected chi connectivity index (χ0v) is 10.8. The van der Waals surface area contributed by atoms with Crippen molar-refractivity contribution in [2.45, 2.75) is 51.4 Å². The van der Waals surface area contributed by atoms with E-state index in [1.807, 2.05) is 0 Å². The monoisotopic (exact) mass is 292 g/mol. The van der Waals surface area contributed by atoms with E-state index in [1.165, 1.54) is 0 Å². The van der Waals surface area contributed by atoms with Gasteiger partial charge < -0.3 is 0 Å². The molecule has 10 heteroatoms. The number of nitrogens with zero attached hydrogens (tertiary/aromatic N) is 2. The maximum absolute atomic E-state index is 10.8. The Hall–Kier alpha value is -2.26. The molecule has 0 spiro atoms. The van der Waals surface area contributed by atoms with Crippen molar-refractivity contribution in [3.8, 4) is 0 Å². The number of hydrogen-bond acceptors (Lipinski definition) is 8. The van der Waals surface area contributed by atoms with Gasteiger partial charge in [-0.2, -0.15) is 0 Å². The molecular weight excluding hydrogens is 276 g/mol. The van der Waals surface area contributed by atoms with Gasteiger partial charge >= 0.3 is 22.1 Å². The molecule has 0 aromatic rings. The maximum atomic E-state index is 10.8. The predicted octanol–water partition coefficient (Wildman–Crippen LogP) is 1.58. The van der Waals surface area contributed by atoms with Crippen molar-refractivity contribution < 1.29 is 29.4 Å². The van der Waals surface area contributed by atoms with Gasteiger partial charge in [-0.15, -0.1) is 20.2 Å². The molecule has 0 aromatic carbocycles. The van der Waals surface area contributed by atoms with Crippen LogP contribution in [0.2, 0.25) is 0 Å². The molecule has 114 valence electrons. The van der Waals surface area contributed by atoms with Crippen LogP contribution in [-0.4, -0.2) is 22.1 Å². The van der Waals surface area contributed by atoms with Crippen molar-refractivity contribution in [1.29, 1.82) is 0 Å². The second-order valence-electron chi connectivity index (χ2n) is 4.00. The van der Waals surface area contributed by atoms with Crippen molar-refractivity contribution in [3.05, 3.63) is 20.2 Å². The highest BCUT2D eigenvalue weighted by atomic mass is 17.0. The van der Waals surface area contributed by atoms with Gasteiger partial charge in [0.15, 0.2) is 0 Å². The van der Waals surface area contributed by atoms with Crippen molar-refractivity contribution in [2.75, 3.05) is 0 Å². The summed E-state index contributed by atoms with van der Waals surface area (Å²) in [7, 11) is 0. The first-order chi connectivity index (χ1) is 9.41. The smallest absolute Gasteiger partial charge is 0.268 e. The molecule has 0 fully saturated rings. The molecule has 0 aliphatic heterocycles. The van der Waals surface area contributed by atoms with Gasteiger partial charge in [-0.3, -0.25) is 9.59 Å². The fourth-order valence-electron chi connectivity index (χ4n) is 1.50. The quantitative estimate of drug-likeness (QED) is 0.317. The normalized spacial score (nSPS) is 9.80. The van der Waals surface area contributed by atoms with E-state index in [0.29, 0.717) is 25.7 Å². The average Bonchev–Trinajstić information content (AvgIpc) is 2.30. The van der Waals surface area contributed by atoms with E-state index in [4.69, 9.17) is 0 Å². The number of unbranched alkanes of at least 4 members (excludes halogenated alkanes) is 5. The number of rotatable bonds is 11. The third kappa shape index (κ3) is 12.2. The summed E-state index contributed by atoms with van der Waals surface area (Å²) in [4.78, 5) is 48.7. The highest BCUT2D eigenvalue weighted by Gasteiger charge is 2.07. The molecule has 20 heavy (non-hydrogen) atoms. The van der Waals surface area contributed by atoms with Crippen LogP contribution >= 0.6 is 0 Å². The SMILES string of the molecule is O=C(CCCCCCCCC(=O)O[N+](=O)[O-])O[N+](=O)[O-]. The third-order valence-corrected chi connectivity index (χ3v) is 2.36. The van der Waals surface area contributed by atoms with E-state index in [2.05, 4.69) is 9.68 Å². The van der Waals surface area contributed by atoms with Crippen LogP contribution in [0.15, 0.2) is 0 Å². The van der Waals surface area contributed by atoms with Crippen LogP contribution in [0.1, 0.15) is 51.4 Å². The second kappa shape index (κ2) is 10.6. The first-order valence-electron chi connectivity index (χ1n) is 6.12. The van der Waals surface area contributed by atoms with Gasteiger partial charge in [-0.25, -0.2) is 9.68 Å². The standard InChI is InChI=1S/C10H16N2O8/c13-9(19-11(15)16)7-5-3-1-2-4-6-8-10(14)20-12(17)18/h1-8H2. The van der Waals surface area contributed by atoms with Gasteiger partial charge in [0.2, 0.25) is 0 Å². The van der Waals surface area contributed by atoms with Gasteiger partial charge in [0, 0.05) is 12.8 Å². The van der Waals surface area contributed by atoms with Gasteiger partial charge in [-0.1, -0.05) is 25.7 Å². The Labute approximate surface area is 114 Å². The minimum Gasteiger partial charge on any atom is -0.268 e. The fraction of sp³-hybridized carbons (Fsp3) is 0.800. The largest absolute Gasteiger partial charge is 0.303 e. The summed E-state index contributed by atoms with van der Waals surface area (Å²) in [5.74, 6) is -1.73. The van der Waals surface area contributed by atoms with Crippen molar-refractivity contribution in [2.24, 2.45) is 0 Å². The molecule has 0 saturated heterocycles. The van der Waals surface area contributed by atoms with E-state index >= 15 is 0 Å². The van der Waals surface area contributed by atoms with E-state index in [0.717, 1.165) is 12.8 Å². The Morgan fingerprint density at radius 1 is 0.700 bits per heavy atom. The van der Waals surface area contributed by atoms with Gasteiger partial charge in [0.25, 0.3) is 0 Å². The third-order valence-electron chi connectivity index (χ3n) is 2.36. The number of carbonyl (C=O) groups is 2. The van der Waals surface area contributed by atoms with E-state index in [9.17, 15) is 29.8 Å². The van der Waals surface area contributed by atoms with Gasteiger partial charge in [0.05, 0.1) is 0 Å². The zero-order valence-electron chi connectivity index (χ0n) is 10.8. The zero-order chi connectivity index (χ0) is 15.4. The topological polar surface area (TPSA) is 139 Å². The van der Waals surface area contributed by atoms with Crippen LogP contribution < -0.4 is 0 Å². The summed E-state index contributed by atoms with van der Waals surface area (Å²) >= 11 is 0. The van der Waals surface area contributed by atoms with Crippen LogP contribution in [0.3, 0.4) is 0 Å². The molecule has 0 saturated carbocycles. The van der Waals surface area contributed by atoms with Gasteiger partial charge in [-0.05, 0) is 12.8 Å². The molecule has 0 rings (SSSR count). The van der Waals surface area contributed by atoms with E-state index < -0.39 is 22.1 Å². The maximum Gasteiger partial charge on any atom is 0.303 e. The fourth-order valence-corrected chi connectivity index (χ4v) is 1.50. The summed E-state index contributed by atoms with van der Waals surface area (Å²) in [6.07, 6.45) is 4.02. The lowest BCUT2D eigenvalue weighted by molar-refractivity contribution is -0.729. The second-order valence-corrected chi connectivity index (χ2v) is 4.00. The molecule has 0 amide bonds. The predicted molar refractivity (Wildman–Crippen MR) is 63.1 cm³/mol. The Kier molecular flexibility index (Phi) is 9.44. The van der Waals surface area contributed by atoms with Crippen molar-refractivity contribution >= 4 is 11.9 Å². The minimum atomic E-state index is -1.13. The van der Waals surface area contributed by atoms with E-state index in [-0.39, 0.29) is 12.8 Å². The number of hydrogen-bond donors (Lipinski definition) is 0. The Bertz CT molecular complexity index is 323. The van der Waals surface area contributed by atoms with Crippen LogP contribution in [0, 0.1) is 20.2 Å². The highest BCUT2D eigenvalue weighted by molar-refractivity contribution is 5.68. The Morgan fingerprint density at radius 3 is 1.30 bits per heavy atom. The summed E-state index contributed by atoms with van der Waals surface area (Å²) < 4.78 is 0. The van der Waals surface area contributed by atoms with Crippen molar-refractivity contribution in [1.82, 2.24) is 0 Å². The highest BCUT2D eigenvalue weighted by Crippen LogP contribution is 2.09. The Morgan fingerprint density at radius 2 is 1.00 bits per heavy atom. The molecule has 0 atom stereocenters. The minimum absolute atomic E-state index is 0.00383. The van der Waals surface area contributed by atoms with Crippen LogP contribution in [-0.2, 0) is 19.3 Å². The average molecular weight is 292 g/mol. The van der Waals surface area contributed by atoms with Crippen LogP contribution in [0.25, 0.3) is 0 Å². The lowest BCUT2D eigenvalue weighted by atomic mass is 10.1. The molecule has 0 radical (unpaired) electrons. The molecule has 0 aliphatic carbocycles. The molecule has 0 unspecified atom stereocenters. The molecule has 0 aliphatic rings. The van der Waals surface area contributed by atoms with Gasteiger partial charge in [0.1, 0.15) is 0 Å². The lowest BCUT2D eigenvalue weighted by Gasteiger charge is -2.01. The Balaban J connectivity index is 3.33. The molecule has 0 N–H and O–H groups in total. The molecule has 0 bridgehead atoms. The number of carbonyl (C=O) groups excluding carboxylic acids is 2. The molecular formula is C10H16N2O8. The molecule has 10 nitrogen and oxygen atoms in total. The summed E-state index contributed by atoms with van der Waals surface area (Å²) in [5, 5.41) is 17.4. The van der Waals surface area contributed by atoms with Crippen LogP contribution in [0.5, 0.6) is 0 Å². The molecule has 0 heterocycles. The summed E-state index contributed by atoms with van der Waals surface area (Å²) in [6, 6.07) is 0. The first kappa shape index (κ1) is 17.7.